The van der Waals surface area contributed by atoms with Crippen molar-refractivity contribution in [3.05, 3.63) is 35.9 Å². The normalized spacial score (nSPS) is 12.8. The van der Waals surface area contributed by atoms with E-state index in [1.165, 1.54) is 0 Å². The van der Waals surface area contributed by atoms with Gasteiger partial charge in [-0.05, 0) is 31.4 Å². The average Bonchev–Trinajstić information content (AvgIpc) is 2.57. The predicted molar refractivity (Wildman–Crippen MR) is 97.1 cm³/mol. The van der Waals surface area contributed by atoms with E-state index in [9.17, 15) is 14.7 Å². The SMILES string of the molecule is CCN[C@@H](Cc1ccccc1)C(=O)N[C@H](CCCN=C(N)N)C(=O)O. The van der Waals surface area contributed by atoms with Gasteiger partial charge < -0.3 is 27.2 Å². The van der Waals surface area contributed by atoms with Crippen LogP contribution in [0, 0.1) is 0 Å². The van der Waals surface area contributed by atoms with Gasteiger partial charge in [-0.1, -0.05) is 37.3 Å². The molecule has 0 aliphatic rings. The molecule has 0 heterocycles. The molecule has 0 aliphatic carbocycles. The number of benzene rings is 1. The van der Waals surface area contributed by atoms with Crippen molar-refractivity contribution < 1.29 is 14.7 Å². The Bertz CT molecular complexity index is 573. The number of guanidine groups is 1. The van der Waals surface area contributed by atoms with Crippen LogP contribution in [0.2, 0.25) is 0 Å². The van der Waals surface area contributed by atoms with Crippen LogP contribution in [-0.4, -0.2) is 48.1 Å². The van der Waals surface area contributed by atoms with Crippen molar-refractivity contribution in [1.82, 2.24) is 10.6 Å². The number of nitrogens with zero attached hydrogens (tertiary/aromatic N) is 1. The van der Waals surface area contributed by atoms with E-state index < -0.39 is 18.1 Å². The van der Waals surface area contributed by atoms with E-state index in [-0.39, 0.29) is 18.3 Å². The Morgan fingerprint density at radius 2 is 1.88 bits per heavy atom. The zero-order valence-corrected chi connectivity index (χ0v) is 14.4. The first-order valence-corrected chi connectivity index (χ1v) is 8.30. The molecule has 0 aliphatic heterocycles. The van der Waals surface area contributed by atoms with E-state index in [4.69, 9.17) is 11.5 Å². The summed E-state index contributed by atoms with van der Waals surface area (Å²) in [5, 5.41) is 15.0. The monoisotopic (exact) mass is 349 g/mol. The van der Waals surface area contributed by atoms with Gasteiger partial charge in [0.15, 0.2) is 5.96 Å². The van der Waals surface area contributed by atoms with Crippen molar-refractivity contribution in [3.63, 3.8) is 0 Å². The molecule has 138 valence electrons. The first kappa shape index (κ1) is 20.4. The Morgan fingerprint density at radius 3 is 2.44 bits per heavy atom. The molecule has 1 amide bonds. The second kappa shape index (κ2) is 11.0. The fourth-order valence-electron chi connectivity index (χ4n) is 2.39. The summed E-state index contributed by atoms with van der Waals surface area (Å²) in [6, 6.07) is 8.11. The third-order valence-electron chi connectivity index (χ3n) is 3.61. The molecule has 1 aromatic carbocycles. The lowest BCUT2D eigenvalue weighted by Gasteiger charge is -2.21. The fraction of sp³-hybridized carbons (Fsp3) is 0.471. The highest BCUT2D eigenvalue weighted by atomic mass is 16.4. The summed E-state index contributed by atoms with van der Waals surface area (Å²) in [6.07, 6.45) is 1.20. The van der Waals surface area contributed by atoms with Gasteiger partial charge in [-0.3, -0.25) is 9.79 Å². The Morgan fingerprint density at radius 1 is 1.20 bits per heavy atom. The van der Waals surface area contributed by atoms with Gasteiger partial charge >= 0.3 is 5.97 Å². The molecule has 8 nitrogen and oxygen atoms in total. The zero-order chi connectivity index (χ0) is 18.7. The molecule has 0 aromatic heterocycles. The van der Waals surface area contributed by atoms with E-state index in [1.54, 1.807) is 0 Å². The molecule has 0 radical (unpaired) electrons. The number of carbonyl (C=O) groups is 2. The summed E-state index contributed by atoms with van der Waals surface area (Å²) in [5.74, 6) is -1.45. The molecule has 25 heavy (non-hydrogen) atoms. The number of likely N-dealkylation sites (N-methyl/N-ethyl adjacent to an activating group) is 1. The Balaban J connectivity index is 2.64. The molecular formula is C17H27N5O3. The van der Waals surface area contributed by atoms with Gasteiger partial charge in [-0.2, -0.15) is 0 Å². The quantitative estimate of drug-likeness (QED) is 0.213. The smallest absolute Gasteiger partial charge is 0.326 e. The summed E-state index contributed by atoms with van der Waals surface area (Å²) in [6.45, 7) is 2.82. The van der Waals surface area contributed by atoms with Crippen LogP contribution in [0.15, 0.2) is 35.3 Å². The Hall–Kier alpha value is -2.61. The van der Waals surface area contributed by atoms with Crippen molar-refractivity contribution in [2.24, 2.45) is 16.5 Å². The number of aliphatic carboxylic acids is 1. The number of nitrogens with two attached hydrogens (primary N) is 2. The van der Waals surface area contributed by atoms with Crippen molar-refractivity contribution in [2.45, 2.75) is 38.3 Å². The molecule has 7 N–H and O–H groups in total. The largest absolute Gasteiger partial charge is 0.480 e. The van der Waals surface area contributed by atoms with Crippen molar-refractivity contribution in [1.29, 1.82) is 0 Å². The van der Waals surface area contributed by atoms with E-state index in [1.807, 2.05) is 37.3 Å². The number of hydrogen-bond donors (Lipinski definition) is 5. The second-order valence-corrected chi connectivity index (χ2v) is 5.65. The maximum Gasteiger partial charge on any atom is 0.326 e. The highest BCUT2D eigenvalue weighted by molar-refractivity contribution is 5.87. The van der Waals surface area contributed by atoms with E-state index in [0.717, 1.165) is 5.56 Å². The first-order chi connectivity index (χ1) is 11.9. The van der Waals surface area contributed by atoms with Crippen molar-refractivity contribution in [2.75, 3.05) is 13.1 Å². The van der Waals surface area contributed by atoms with Crippen LogP contribution in [-0.2, 0) is 16.0 Å². The number of aliphatic imine (C=N–C) groups is 1. The van der Waals surface area contributed by atoms with Gasteiger partial charge in [0.25, 0.3) is 0 Å². The minimum absolute atomic E-state index is 0.0361. The number of carboxylic acids is 1. The Kier molecular flexibility index (Phi) is 9.02. The fourth-order valence-corrected chi connectivity index (χ4v) is 2.39. The van der Waals surface area contributed by atoms with Crippen LogP contribution in [0.5, 0.6) is 0 Å². The van der Waals surface area contributed by atoms with E-state index in [0.29, 0.717) is 25.9 Å². The molecule has 0 spiro atoms. The molecule has 0 saturated heterocycles. The predicted octanol–water partition coefficient (Wildman–Crippen LogP) is -0.170. The van der Waals surface area contributed by atoms with Crippen molar-refractivity contribution >= 4 is 17.8 Å². The van der Waals surface area contributed by atoms with Gasteiger partial charge in [0.05, 0.1) is 6.04 Å². The zero-order valence-electron chi connectivity index (χ0n) is 14.4. The van der Waals surface area contributed by atoms with Crippen LogP contribution >= 0.6 is 0 Å². The molecule has 1 rings (SSSR count). The molecule has 1 aromatic rings. The molecule has 0 fully saturated rings. The number of hydrogen-bond acceptors (Lipinski definition) is 4. The van der Waals surface area contributed by atoms with Gasteiger partial charge in [-0.15, -0.1) is 0 Å². The maximum absolute atomic E-state index is 12.5. The van der Waals surface area contributed by atoms with Crippen LogP contribution in [0.4, 0.5) is 0 Å². The highest BCUT2D eigenvalue weighted by Crippen LogP contribution is 2.05. The van der Waals surface area contributed by atoms with Crippen LogP contribution < -0.4 is 22.1 Å². The summed E-state index contributed by atoms with van der Waals surface area (Å²) < 4.78 is 0. The third kappa shape index (κ3) is 8.16. The minimum atomic E-state index is -1.08. The number of nitrogens with one attached hydrogen (secondary N) is 2. The molecule has 0 bridgehead atoms. The lowest BCUT2D eigenvalue weighted by atomic mass is 10.0. The van der Waals surface area contributed by atoms with E-state index >= 15 is 0 Å². The summed E-state index contributed by atoms with van der Waals surface area (Å²) in [4.78, 5) is 27.7. The average molecular weight is 349 g/mol. The topological polar surface area (TPSA) is 143 Å². The second-order valence-electron chi connectivity index (χ2n) is 5.65. The summed E-state index contributed by atoms with van der Waals surface area (Å²) in [5.41, 5.74) is 11.5. The van der Waals surface area contributed by atoms with Crippen LogP contribution in [0.25, 0.3) is 0 Å². The maximum atomic E-state index is 12.5. The highest BCUT2D eigenvalue weighted by Gasteiger charge is 2.24. The van der Waals surface area contributed by atoms with Gasteiger partial charge in [0, 0.05) is 6.54 Å². The number of amides is 1. The van der Waals surface area contributed by atoms with Crippen molar-refractivity contribution in [3.8, 4) is 0 Å². The summed E-state index contributed by atoms with van der Waals surface area (Å²) >= 11 is 0. The number of carboxylic acid groups (broad SMARTS) is 1. The number of carbonyl (C=O) groups excluding carboxylic acids is 1. The first-order valence-electron chi connectivity index (χ1n) is 8.30. The molecular weight excluding hydrogens is 322 g/mol. The Labute approximate surface area is 147 Å². The third-order valence-corrected chi connectivity index (χ3v) is 3.61. The van der Waals surface area contributed by atoms with Gasteiger partial charge in [-0.25, -0.2) is 4.79 Å². The molecule has 2 atom stereocenters. The lowest BCUT2D eigenvalue weighted by Crippen LogP contribution is -2.51. The van der Waals surface area contributed by atoms with Gasteiger partial charge in [0.2, 0.25) is 5.91 Å². The molecule has 0 unspecified atom stereocenters. The standard InChI is InChI=1S/C17H27N5O3/c1-2-20-14(11-12-7-4-3-5-8-12)15(23)22-13(16(24)25)9-6-10-21-17(18)19/h3-5,7-8,13-14,20H,2,6,9-11H2,1H3,(H,22,23)(H,24,25)(H4,18,19,21)/t13-,14+/m1/s1. The number of rotatable bonds is 11. The van der Waals surface area contributed by atoms with E-state index in [2.05, 4.69) is 15.6 Å². The van der Waals surface area contributed by atoms with Gasteiger partial charge in [0.1, 0.15) is 6.04 Å². The minimum Gasteiger partial charge on any atom is -0.480 e. The lowest BCUT2D eigenvalue weighted by molar-refractivity contribution is -0.142. The van der Waals surface area contributed by atoms with Crippen LogP contribution in [0.1, 0.15) is 25.3 Å². The van der Waals surface area contributed by atoms with Crippen LogP contribution in [0.3, 0.4) is 0 Å². The molecule has 8 heteroatoms. The summed E-state index contributed by atoms with van der Waals surface area (Å²) in [7, 11) is 0. The molecule has 0 saturated carbocycles.